The molecule has 0 saturated carbocycles. The Morgan fingerprint density at radius 1 is 1.24 bits per heavy atom. The Hall–Kier alpha value is -2.17. The molecule has 0 spiro atoms. The third-order valence-electron chi connectivity index (χ3n) is 3.01. The number of carbonyl (C=O) groups is 2. The van der Waals surface area contributed by atoms with Crippen molar-refractivity contribution in [3.8, 4) is 0 Å². The number of hydrogen-bond acceptors (Lipinski definition) is 9. The molecule has 25 heavy (non-hydrogen) atoms. The number of thioether (sulfide) groups is 1. The smallest absolute Gasteiger partial charge is 0.222 e. The highest BCUT2D eigenvalue weighted by atomic mass is 32.2. The number of Topliss-reactive ketones (excluding diaryl/α,β-unsaturated/α-hetero) is 1. The van der Waals surface area contributed by atoms with Crippen molar-refractivity contribution >= 4 is 51.3 Å². The second-order valence-corrected chi connectivity index (χ2v) is 8.30. The zero-order valence-corrected chi connectivity index (χ0v) is 15.4. The number of hydrogen-bond donors (Lipinski definition) is 2. The standard InChI is InChI=1S/C15H14N4O3S3/c16-13(21)6-10-3-4-12(24-10)11(20)8-23-15-19-18-14(25-15)17-7-9-2-1-5-22-9/h1-5H,6-8H2,(H2,16,21)(H,17,18). The number of carbonyl (C=O) groups excluding carboxylic acids is 2. The number of furan rings is 1. The number of ketones is 1. The Labute approximate surface area is 155 Å². The van der Waals surface area contributed by atoms with Gasteiger partial charge in [-0.3, -0.25) is 9.59 Å². The summed E-state index contributed by atoms with van der Waals surface area (Å²) >= 11 is 4.02. The van der Waals surface area contributed by atoms with Gasteiger partial charge in [0, 0.05) is 4.88 Å². The molecule has 10 heteroatoms. The summed E-state index contributed by atoms with van der Waals surface area (Å²) < 4.78 is 5.94. The van der Waals surface area contributed by atoms with Crippen molar-refractivity contribution in [2.75, 3.05) is 11.1 Å². The molecule has 130 valence electrons. The van der Waals surface area contributed by atoms with E-state index in [1.807, 2.05) is 12.1 Å². The molecule has 0 saturated heterocycles. The highest BCUT2D eigenvalue weighted by molar-refractivity contribution is 8.01. The second kappa shape index (κ2) is 8.28. The third kappa shape index (κ3) is 5.15. The van der Waals surface area contributed by atoms with Gasteiger partial charge in [0.1, 0.15) is 5.76 Å². The molecule has 0 unspecified atom stereocenters. The molecule has 0 atom stereocenters. The van der Waals surface area contributed by atoms with Crippen LogP contribution in [0.15, 0.2) is 39.3 Å². The summed E-state index contributed by atoms with van der Waals surface area (Å²) in [6, 6.07) is 7.18. The molecule has 3 N–H and O–H groups in total. The summed E-state index contributed by atoms with van der Waals surface area (Å²) in [6.07, 6.45) is 1.77. The fourth-order valence-electron chi connectivity index (χ4n) is 1.91. The lowest BCUT2D eigenvalue weighted by molar-refractivity contribution is -0.117. The van der Waals surface area contributed by atoms with E-state index in [1.165, 1.54) is 34.4 Å². The Bertz CT molecular complexity index is 857. The van der Waals surface area contributed by atoms with Crippen LogP contribution in [0, 0.1) is 0 Å². The van der Waals surface area contributed by atoms with E-state index in [1.54, 1.807) is 18.4 Å². The normalized spacial score (nSPS) is 10.7. The van der Waals surface area contributed by atoms with E-state index in [9.17, 15) is 9.59 Å². The molecule has 3 rings (SSSR count). The highest BCUT2D eigenvalue weighted by Crippen LogP contribution is 2.27. The average molecular weight is 395 g/mol. The Morgan fingerprint density at radius 3 is 2.88 bits per heavy atom. The number of anilines is 1. The quantitative estimate of drug-likeness (QED) is 0.424. The van der Waals surface area contributed by atoms with E-state index >= 15 is 0 Å². The van der Waals surface area contributed by atoms with E-state index in [-0.39, 0.29) is 18.0 Å². The number of nitrogens with two attached hydrogens (primary N) is 1. The summed E-state index contributed by atoms with van der Waals surface area (Å²) in [5.41, 5.74) is 5.16. The summed E-state index contributed by atoms with van der Waals surface area (Å²) in [7, 11) is 0. The van der Waals surface area contributed by atoms with Gasteiger partial charge in [0.15, 0.2) is 10.1 Å². The molecule has 0 fully saturated rings. The minimum Gasteiger partial charge on any atom is -0.467 e. The first-order chi connectivity index (χ1) is 12.1. The molecule has 3 aromatic heterocycles. The van der Waals surface area contributed by atoms with Crippen molar-refractivity contribution in [2.45, 2.75) is 17.3 Å². The highest BCUT2D eigenvalue weighted by Gasteiger charge is 2.13. The Morgan fingerprint density at radius 2 is 2.12 bits per heavy atom. The monoisotopic (exact) mass is 394 g/mol. The van der Waals surface area contributed by atoms with Gasteiger partial charge in [-0.25, -0.2) is 0 Å². The van der Waals surface area contributed by atoms with Crippen molar-refractivity contribution in [3.05, 3.63) is 46.0 Å². The van der Waals surface area contributed by atoms with Crippen LogP contribution in [0.4, 0.5) is 5.13 Å². The number of aromatic nitrogens is 2. The lowest BCUT2D eigenvalue weighted by Gasteiger charge is -1.97. The zero-order valence-electron chi connectivity index (χ0n) is 12.9. The van der Waals surface area contributed by atoms with Crippen molar-refractivity contribution in [2.24, 2.45) is 5.73 Å². The van der Waals surface area contributed by atoms with Gasteiger partial charge in [-0.15, -0.1) is 21.5 Å². The van der Waals surface area contributed by atoms with Gasteiger partial charge < -0.3 is 15.5 Å². The Kier molecular flexibility index (Phi) is 5.84. The molecular formula is C15H14N4O3S3. The van der Waals surface area contributed by atoms with Crippen LogP contribution in [-0.4, -0.2) is 27.6 Å². The van der Waals surface area contributed by atoms with E-state index in [0.29, 0.717) is 20.9 Å². The minimum atomic E-state index is -0.404. The van der Waals surface area contributed by atoms with E-state index in [0.717, 1.165) is 10.6 Å². The third-order valence-corrected chi connectivity index (χ3v) is 6.15. The Balaban J connectivity index is 1.48. The number of rotatable bonds is 9. The first kappa shape index (κ1) is 17.6. The summed E-state index contributed by atoms with van der Waals surface area (Å²) in [5, 5.41) is 11.9. The second-order valence-electron chi connectivity index (χ2n) is 4.93. The van der Waals surface area contributed by atoms with Gasteiger partial charge in [0.2, 0.25) is 11.0 Å². The van der Waals surface area contributed by atoms with Crippen LogP contribution in [0.2, 0.25) is 0 Å². The molecule has 0 aliphatic carbocycles. The van der Waals surface area contributed by atoms with Gasteiger partial charge in [-0.1, -0.05) is 23.1 Å². The zero-order chi connectivity index (χ0) is 17.6. The maximum atomic E-state index is 12.2. The average Bonchev–Trinajstić information content (AvgIpc) is 3.31. The van der Waals surface area contributed by atoms with E-state index < -0.39 is 5.91 Å². The summed E-state index contributed by atoms with van der Waals surface area (Å²) in [5.74, 6) is 0.664. The number of amides is 1. The number of thiophene rings is 1. The lowest BCUT2D eigenvalue weighted by Crippen LogP contribution is -2.12. The SMILES string of the molecule is NC(=O)Cc1ccc(C(=O)CSc2nnc(NCc3ccco3)s2)s1. The summed E-state index contributed by atoms with van der Waals surface area (Å²) in [4.78, 5) is 24.5. The van der Waals surface area contributed by atoms with Gasteiger partial charge >= 0.3 is 0 Å². The predicted molar refractivity (Wildman–Crippen MR) is 98.2 cm³/mol. The van der Waals surface area contributed by atoms with Crippen LogP contribution < -0.4 is 11.1 Å². The molecule has 1 amide bonds. The van der Waals surface area contributed by atoms with Crippen LogP contribution in [0.1, 0.15) is 20.3 Å². The van der Waals surface area contributed by atoms with E-state index in [4.69, 9.17) is 10.2 Å². The van der Waals surface area contributed by atoms with Crippen molar-refractivity contribution in [3.63, 3.8) is 0 Å². The van der Waals surface area contributed by atoms with E-state index in [2.05, 4.69) is 15.5 Å². The fourth-order valence-corrected chi connectivity index (χ4v) is 4.59. The predicted octanol–water partition coefficient (Wildman–Crippen LogP) is 2.81. The van der Waals surface area contributed by atoms with Gasteiger partial charge in [0.05, 0.1) is 29.9 Å². The van der Waals surface area contributed by atoms with Crippen molar-refractivity contribution in [1.29, 1.82) is 0 Å². The van der Waals surface area contributed by atoms with Gasteiger partial charge in [-0.2, -0.15) is 0 Å². The lowest BCUT2D eigenvalue weighted by atomic mass is 10.3. The van der Waals surface area contributed by atoms with Crippen LogP contribution in [0.3, 0.4) is 0 Å². The van der Waals surface area contributed by atoms with Crippen LogP contribution in [-0.2, 0) is 17.8 Å². The van der Waals surface area contributed by atoms with Crippen LogP contribution in [0.25, 0.3) is 0 Å². The first-order valence-corrected chi connectivity index (χ1v) is 9.85. The fraction of sp³-hybridized carbons (Fsp3) is 0.200. The van der Waals surface area contributed by atoms with Crippen molar-refractivity contribution in [1.82, 2.24) is 10.2 Å². The number of nitrogens with zero attached hydrogens (tertiary/aromatic N) is 2. The first-order valence-electron chi connectivity index (χ1n) is 7.23. The molecule has 0 aliphatic heterocycles. The molecule has 0 bridgehead atoms. The molecule has 0 aromatic carbocycles. The minimum absolute atomic E-state index is 0.00832. The molecule has 0 radical (unpaired) electrons. The van der Waals surface area contributed by atoms with Crippen LogP contribution >= 0.6 is 34.4 Å². The van der Waals surface area contributed by atoms with Gasteiger partial charge in [-0.05, 0) is 24.3 Å². The number of primary amides is 1. The maximum Gasteiger partial charge on any atom is 0.222 e. The van der Waals surface area contributed by atoms with Gasteiger partial charge in [0.25, 0.3) is 0 Å². The molecule has 7 nitrogen and oxygen atoms in total. The molecule has 0 aliphatic rings. The van der Waals surface area contributed by atoms with Crippen molar-refractivity contribution < 1.29 is 14.0 Å². The summed E-state index contributed by atoms with van der Waals surface area (Å²) in [6.45, 7) is 0.531. The van der Waals surface area contributed by atoms with Crippen LogP contribution in [0.5, 0.6) is 0 Å². The molecule has 3 heterocycles. The molecule has 3 aromatic rings. The molecular weight excluding hydrogens is 380 g/mol. The largest absolute Gasteiger partial charge is 0.467 e. The maximum absolute atomic E-state index is 12.2. The number of nitrogens with one attached hydrogen (secondary N) is 1. The topological polar surface area (TPSA) is 111 Å².